The molecule has 0 aromatic carbocycles. The first-order valence-electron chi connectivity index (χ1n) is 5.77. The van der Waals surface area contributed by atoms with Crippen LogP contribution in [0.1, 0.15) is 26.7 Å². The van der Waals surface area contributed by atoms with Crippen LogP contribution in [0.5, 0.6) is 0 Å². The minimum atomic E-state index is -0.423. The van der Waals surface area contributed by atoms with E-state index in [-0.39, 0.29) is 11.8 Å². The smallest absolute Gasteiger partial charge is 0.244 e. The van der Waals surface area contributed by atoms with Crippen LogP contribution in [0.25, 0.3) is 0 Å². The third-order valence-corrected chi connectivity index (χ3v) is 2.93. The Morgan fingerprint density at radius 1 is 1.44 bits per heavy atom. The summed E-state index contributed by atoms with van der Waals surface area (Å²) in [5, 5.41) is 5.81. The van der Waals surface area contributed by atoms with Crippen molar-refractivity contribution in [3.63, 3.8) is 0 Å². The van der Waals surface area contributed by atoms with Crippen LogP contribution in [-0.4, -0.2) is 48.9 Å². The van der Waals surface area contributed by atoms with E-state index in [1.165, 1.54) is 6.92 Å². The normalized spacial score (nSPS) is 22.7. The van der Waals surface area contributed by atoms with Gasteiger partial charge in [-0.3, -0.25) is 9.59 Å². The number of likely N-dealkylation sites (N-methyl/N-ethyl adjacent to an activating group) is 1. The molecule has 1 aliphatic rings. The zero-order valence-corrected chi connectivity index (χ0v) is 10.2. The van der Waals surface area contributed by atoms with E-state index in [1.54, 1.807) is 6.92 Å². The summed E-state index contributed by atoms with van der Waals surface area (Å²) >= 11 is 0. The van der Waals surface area contributed by atoms with Crippen molar-refractivity contribution in [1.82, 2.24) is 15.5 Å². The predicted molar refractivity (Wildman–Crippen MR) is 61.9 cm³/mol. The number of rotatable bonds is 3. The highest BCUT2D eigenvalue weighted by Gasteiger charge is 2.26. The van der Waals surface area contributed by atoms with Crippen molar-refractivity contribution in [2.75, 3.05) is 20.1 Å². The van der Waals surface area contributed by atoms with Crippen LogP contribution in [0, 0.1) is 0 Å². The number of nitrogens with one attached hydrogen (secondary N) is 2. The quantitative estimate of drug-likeness (QED) is 0.697. The SMILES string of the molecule is CNC1CCCN(C(=O)C(C)NC(C)=O)C1. The van der Waals surface area contributed by atoms with Gasteiger partial charge in [-0.05, 0) is 26.8 Å². The lowest BCUT2D eigenvalue weighted by Gasteiger charge is -2.34. The first-order valence-corrected chi connectivity index (χ1v) is 5.77. The van der Waals surface area contributed by atoms with E-state index < -0.39 is 6.04 Å². The van der Waals surface area contributed by atoms with Gasteiger partial charge < -0.3 is 15.5 Å². The second-order valence-corrected chi connectivity index (χ2v) is 4.33. The van der Waals surface area contributed by atoms with Crippen LogP contribution in [-0.2, 0) is 9.59 Å². The number of amides is 2. The molecule has 1 heterocycles. The average Bonchev–Trinajstić information content (AvgIpc) is 2.27. The Kier molecular flexibility index (Phi) is 4.73. The van der Waals surface area contributed by atoms with Crippen molar-refractivity contribution in [1.29, 1.82) is 0 Å². The molecule has 0 spiro atoms. The van der Waals surface area contributed by atoms with E-state index in [1.807, 2.05) is 11.9 Å². The topological polar surface area (TPSA) is 61.4 Å². The Hall–Kier alpha value is -1.10. The minimum Gasteiger partial charge on any atom is -0.345 e. The van der Waals surface area contributed by atoms with Crippen molar-refractivity contribution >= 4 is 11.8 Å². The highest BCUT2D eigenvalue weighted by molar-refractivity contribution is 5.86. The van der Waals surface area contributed by atoms with Crippen LogP contribution in [0.2, 0.25) is 0 Å². The summed E-state index contributed by atoms with van der Waals surface area (Å²) in [5.41, 5.74) is 0. The zero-order chi connectivity index (χ0) is 12.1. The molecule has 1 saturated heterocycles. The second-order valence-electron chi connectivity index (χ2n) is 4.33. The first-order chi connectivity index (χ1) is 7.54. The molecule has 2 unspecified atom stereocenters. The predicted octanol–water partition coefficient (Wildman–Crippen LogP) is -0.279. The molecule has 92 valence electrons. The Morgan fingerprint density at radius 3 is 2.69 bits per heavy atom. The molecule has 1 aliphatic heterocycles. The lowest BCUT2D eigenvalue weighted by molar-refractivity contribution is -0.136. The fourth-order valence-electron chi connectivity index (χ4n) is 2.05. The Balaban J connectivity index is 2.49. The number of piperidine rings is 1. The van der Waals surface area contributed by atoms with E-state index >= 15 is 0 Å². The van der Waals surface area contributed by atoms with Gasteiger partial charge in [0.25, 0.3) is 0 Å². The van der Waals surface area contributed by atoms with Gasteiger partial charge in [0.15, 0.2) is 0 Å². The molecule has 2 atom stereocenters. The van der Waals surface area contributed by atoms with E-state index in [0.717, 1.165) is 25.9 Å². The average molecular weight is 227 g/mol. The molecule has 2 N–H and O–H groups in total. The van der Waals surface area contributed by atoms with Crippen molar-refractivity contribution < 1.29 is 9.59 Å². The molecule has 5 nitrogen and oxygen atoms in total. The van der Waals surface area contributed by atoms with Crippen molar-refractivity contribution in [2.45, 2.75) is 38.8 Å². The maximum atomic E-state index is 12.0. The van der Waals surface area contributed by atoms with E-state index in [4.69, 9.17) is 0 Å². The minimum absolute atomic E-state index is 0.00940. The Morgan fingerprint density at radius 2 is 2.12 bits per heavy atom. The van der Waals surface area contributed by atoms with Gasteiger partial charge in [0, 0.05) is 26.1 Å². The van der Waals surface area contributed by atoms with Crippen LogP contribution < -0.4 is 10.6 Å². The van der Waals surface area contributed by atoms with Gasteiger partial charge in [-0.2, -0.15) is 0 Å². The van der Waals surface area contributed by atoms with Gasteiger partial charge in [-0.25, -0.2) is 0 Å². The second kappa shape index (κ2) is 5.84. The summed E-state index contributed by atoms with van der Waals surface area (Å²) in [6, 6.07) is -0.0460. The number of hydrogen-bond acceptors (Lipinski definition) is 3. The maximum Gasteiger partial charge on any atom is 0.244 e. The molecule has 0 radical (unpaired) electrons. The summed E-state index contributed by atoms with van der Waals surface area (Å²) in [6.07, 6.45) is 2.12. The highest BCUT2D eigenvalue weighted by Crippen LogP contribution is 2.10. The van der Waals surface area contributed by atoms with Crippen molar-refractivity contribution in [3.8, 4) is 0 Å². The lowest BCUT2D eigenvalue weighted by atomic mass is 10.1. The summed E-state index contributed by atoms with van der Waals surface area (Å²) < 4.78 is 0. The lowest BCUT2D eigenvalue weighted by Crippen LogP contribution is -2.52. The van der Waals surface area contributed by atoms with Gasteiger partial charge in [0.1, 0.15) is 6.04 Å². The van der Waals surface area contributed by atoms with Gasteiger partial charge in [0.2, 0.25) is 11.8 Å². The summed E-state index contributed by atoms with van der Waals surface area (Å²) in [6.45, 7) is 4.68. The molecule has 0 aliphatic carbocycles. The summed E-state index contributed by atoms with van der Waals surface area (Å²) in [4.78, 5) is 24.7. The Bertz CT molecular complexity index is 268. The molecule has 16 heavy (non-hydrogen) atoms. The molecular formula is C11H21N3O2. The number of likely N-dealkylation sites (tertiary alicyclic amines) is 1. The third kappa shape index (κ3) is 3.48. The van der Waals surface area contributed by atoms with Gasteiger partial charge in [-0.1, -0.05) is 0 Å². The van der Waals surface area contributed by atoms with Gasteiger partial charge in [-0.15, -0.1) is 0 Å². The number of carbonyl (C=O) groups is 2. The molecule has 1 fully saturated rings. The molecule has 0 saturated carbocycles. The molecule has 0 aromatic heterocycles. The molecular weight excluding hydrogens is 206 g/mol. The summed E-state index contributed by atoms with van der Waals surface area (Å²) in [5.74, 6) is -0.154. The number of nitrogens with zero attached hydrogens (tertiary/aromatic N) is 1. The highest BCUT2D eigenvalue weighted by atomic mass is 16.2. The van der Waals surface area contributed by atoms with Crippen LogP contribution in [0.4, 0.5) is 0 Å². The van der Waals surface area contributed by atoms with Crippen LogP contribution >= 0.6 is 0 Å². The fourth-order valence-corrected chi connectivity index (χ4v) is 2.05. The molecule has 0 aromatic rings. The number of hydrogen-bond donors (Lipinski definition) is 2. The third-order valence-electron chi connectivity index (χ3n) is 2.93. The molecule has 0 bridgehead atoms. The van der Waals surface area contributed by atoms with Gasteiger partial charge in [0.05, 0.1) is 0 Å². The summed E-state index contributed by atoms with van der Waals surface area (Å²) in [7, 11) is 1.91. The monoisotopic (exact) mass is 227 g/mol. The van der Waals surface area contributed by atoms with E-state index in [2.05, 4.69) is 10.6 Å². The molecule has 1 rings (SSSR count). The zero-order valence-electron chi connectivity index (χ0n) is 10.2. The van der Waals surface area contributed by atoms with Crippen molar-refractivity contribution in [3.05, 3.63) is 0 Å². The van der Waals surface area contributed by atoms with Crippen LogP contribution in [0.3, 0.4) is 0 Å². The maximum absolute atomic E-state index is 12.0. The van der Waals surface area contributed by atoms with E-state index in [0.29, 0.717) is 6.04 Å². The molecule has 5 heteroatoms. The fraction of sp³-hybridized carbons (Fsp3) is 0.818. The van der Waals surface area contributed by atoms with Crippen molar-refractivity contribution in [2.24, 2.45) is 0 Å². The number of carbonyl (C=O) groups excluding carboxylic acids is 2. The Labute approximate surface area is 96.6 Å². The molecule has 2 amide bonds. The van der Waals surface area contributed by atoms with Gasteiger partial charge >= 0.3 is 0 Å². The van der Waals surface area contributed by atoms with Crippen LogP contribution in [0.15, 0.2) is 0 Å². The largest absolute Gasteiger partial charge is 0.345 e. The van der Waals surface area contributed by atoms with E-state index in [9.17, 15) is 9.59 Å². The standard InChI is InChI=1S/C11H21N3O2/c1-8(13-9(2)15)11(16)14-6-4-5-10(7-14)12-3/h8,10,12H,4-7H2,1-3H3,(H,13,15). The first kappa shape index (κ1) is 13.0.